The van der Waals surface area contributed by atoms with E-state index in [0.717, 1.165) is 18.9 Å². The lowest BCUT2D eigenvalue weighted by atomic mass is 9.99. The van der Waals surface area contributed by atoms with Crippen LogP contribution in [-0.4, -0.2) is 6.04 Å². The molecule has 0 unspecified atom stereocenters. The van der Waals surface area contributed by atoms with E-state index in [4.69, 9.17) is 0 Å². The predicted molar refractivity (Wildman–Crippen MR) is 71.6 cm³/mol. The minimum atomic E-state index is -0.635. The van der Waals surface area contributed by atoms with Crippen molar-refractivity contribution in [3.05, 3.63) is 59.4 Å². The molecule has 20 heavy (non-hydrogen) atoms. The van der Waals surface area contributed by atoms with Gasteiger partial charge in [0.25, 0.3) is 0 Å². The maximum Gasteiger partial charge on any atom is 0.133 e. The van der Waals surface area contributed by atoms with Gasteiger partial charge in [0.1, 0.15) is 17.5 Å². The molecule has 1 nitrogen and oxygen atoms in total. The molecule has 4 heteroatoms. The Kier molecular flexibility index (Phi) is 3.49. The molecule has 0 heterocycles. The lowest BCUT2D eigenvalue weighted by Gasteiger charge is -2.12. The second-order valence-corrected chi connectivity index (χ2v) is 5.08. The van der Waals surface area contributed by atoms with Gasteiger partial charge in [-0.3, -0.25) is 0 Å². The molecule has 2 aromatic rings. The van der Waals surface area contributed by atoms with Crippen molar-refractivity contribution in [3.63, 3.8) is 0 Å². The van der Waals surface area contributed by atoms with Crippen molar-refractivity contribution in [2.75, 3.05) is 0 Å². The molecule has 104 valence electrons. The summed E-state index contributed by atoms with van der Waals surface area (Å²) in [6.07, 6.45) is 2.24. The number of halogens is 3. The lowest BCUT2D eigenvalue weighted by Crippen LogP contribution is -2.16. The Hall–Kier alpha value is -1.81. The lowest BCUT2D eigenvalue weighted by molar-refractivity contribution is 0.585. The van der Waals surface area contributed by atoms with Gasteiger partial charge < -0.3 is 5.32 Å². The molecule has 0 bridgehead atoms. The van der Waals surface area contributed by atoms with E-state index in [-0.39, 0.29) is 5.82 Å². The number of hydrogen-bond acceptors (Lipinski definition) is 1. The van der Waals surface area contributed by atoms with Crippen LogP contribution >= 0.6 is 0 Å². The first kappa shape index (κ1) is 13.2. The van der Waals surface area contributed by atoms with Crippen molar-refractivity contribution < 1.29 is 13.2 Å². The fraction of sp³-hybridized carbons (Fsp3) is 0.250. The van der Waals surface area contributed by atoms with E-state index in [0.29, 0.717) is 29.3 Å². The molecule has 0 atom stereocenters. The largest absolute Gasteiger partial charge is 0.310 e. The molecule has 3 rings (SSSR count). The second-order valence-electron chi connectivity index (χ2n) is 5.08. The van der Waals surface area contributed by atoms with E-state index in [1.807, 2.05) is 0 Å². The molecular formula is C16H14F3N. The minimum absolute atomic E-state index is 0.291. The monoisotopic (exact) mass is 277 g/mol. The summed E-state index contributed by atoms with van der Waals surface area (Å²) in [7, 11) is 0. The summed E-state index contributed by atoms with van der Waals surface area (Å²) in [5.41, 5.74) is 1.57. The first-order chi connectivity index (χ1) is 9.63. The Balaban J connectivity index is 1.97. The van der Waals surface area contributed by atoms with Gasteiger partial charge in [0.05, 0.1) is 0 Å². The smallest absolute Gasteiger partial charge is 0.133 e. The number of rotatable bonds is 4. The van der Waals surface area contributed by atoms with Crippen molar-refractivity contribution >= 4 is 0 Å². The maximum absolute atomic E-state index is 13.9. The molecule has 0 saturated heterocycles. The molecule has 2 aromatic carbocycles. The SMILES string of the molecule is Fc1ccc(-c2ccc(F)cc2CNC2CC2)c(F)c1. The van der Waals surface area contributed by atoms with Gasteiger partial charge in [-0.05, 0) is 48.2 Å². The minimum Gasteiger partial charge on any atom is -0.310 e. The molecule has 1 aliphatic rings. The Morgan fingerprint density at radius 3 is 2.20 bits per heavy atom. The van der Waals surface area contributed by atoms with Crippen LogP contribution in [0.25, 0.3) is 11.1 Å². The molecule has 0 aromatic heterocycles. The third-order valence-electron chi connectivity index (χ3n) is 3.45. The van der Waals surface area contributed by atoms with Crippen molar-refractivity contribution in [2.45, 2.75) is 25.4 Å². The number of benzene rings is 2. The first-order valence-corrected chi connectivity index (χ1v) is 6.61. The van der Waals surface area contributed by atoms with E-state index in [1.165, 1.54) is 30.3 Å². The Morgan fingerprint density at radius 2 is 1.55 bits per heavy atom. The molecule has 1 saturated carbocycles. The van der Waals surface area contributed by atoms with Gasteiger partial charge in [-0.15, -0.1) is 0 Å². The van der Waals surface area contributed by atoms with Crippen LogP contribution in [0.3, 0.4) is 0 Å². The van der Waals surface area contributed by atoms with Crippen LogP contribution < -0.4 is 5.32 Å². The molecule has 1 N–H and O–H groups in total. The topological polar surface area (TPSA) is 12.0 Å². The summed E-state index contributed by atoms with van der Waals surface area (Å²) in [5.74, 6) is -1.61. The fourth-order valence-electron chi connectivity index (χ4n) is 2.22. The van der Waals surface area contributed by atoms with Crippen molar-refractivity contribution in [2.24, 2.45) is 0 Å². The van der Waals surface area contributed by atoms with E-state index >= 15 is 0 Å². The van der Waals surface area contributed by atoms with Crippen LogP contribution in [0.4, 0.5) is 13.2 Å². The average molecular weight is 277 g/mol. The summed E-state index contributed by atoms with van der Waals surface area (Å²) >= 11 is 0. The van der Waals surface area contributed by atoms with E-state index < -0.39 is 11.6 Å². The molecule has 1 fully saturated rings. The van der Waals surface area contributed by atoms with Crippen LogP contribution in [0.1, 0.15) is 18.4 Å². The van der Waals surface area contributed by atoms with Crippen molar-refractivity contribution in [1.82, 2.24) is 5.32 Å². The highest BCUT2D eigenvalue weighted by Gasteiger charge is 2.21. The van der Waals surface area contributed by atoms with E-state index in [2.05, 4.69) is 5.32 Å². The summed E-state index contributed by atoms with van der Waals surface area (Å²) in [6.45, 7) is 0.481. The third kappa shape index (κ3) is 2.85. The zero-order chi connectivity index (χ0) is 14.1. The van der Waals surface area contributed by atoms with Gasteiger partial charge in [0, 0.05) is 24.2 Å². The van der Waals surface area contributed by atoms with Gasteiger partial charge in [-0.1, -0.05) is 6.07 Å². The number of nitrogens with one attached hydrogen (secondary N) is 1. The normalized spacial score (nSPS) is 14.6. The highest BCUT2D eigenvalue weighted by Crippen LogP contribution is 2.28. The molecule has 1 aliphatic carbocycles. The highest BCUT2D eigenvalue weighted by molar-refractivity contribution is 5.68. The maximum atomic E-state index is 13.9. The van der Waals surface area contributed by atoms with Gasteiger partial charge >= 0.3 is 0 Å². The molecular weight excluding hydrogens is 263 g/mol. The van der Waals surface area contributed by atoms with Gasteiger partial charge in [-0.25, -0.2) is 13.2 Å². The summed E-state index contributed by atoms with van der Waals surface area (Å²) < 4.78 is 40.2. The van der Waals surface area contributed by atoms with Crippen molar-refractivity contribution in [3.8, 4) is 11.1 Å². The first-order valence-electron chi connectivity index (χ1n) is 6.61. The van der Waals surface area contributed by atoms with E-state index in [9.17, 15) is 13.2 Å². The highest BCUT2D eigenvalue weighted by atomic mass is 19.1. The summed E-state index contributed by atoms with van der Waals surface area (Å²) in [4.78, 5) is 0. The van der Waals surface area contributed by atoms with Crippen molar-refractivity contribution in [1.29, 1.82) is 0 Å². The third-order valence-corrected chi connectivity index (χ3v) is 3.45. The van der Waals surface area contributed by atoms with Crippen LogP contribution in [0.15, 0.2) is 36.4 Å². The zero-order valence-electron chi connectivity index (χ0n) is 10.8. The van der Waals surface area contributed by atoms with Crippen LogP contribution in [0.2, 0.25) is 0 Å². The summed E-state index contributed by atoms with van der Waals surface area (Å²) in [6, 6.07) is 8.14. The average Bonchev–Trinajstić information content (AvgIpc) is 3.21. The van der Waals surface area contributed by atoms with Crippen LogP contribution in [-0.2, 0) is 6.54 Å². The second kappa shape index (κ2) is 5.29. The Bertz CT molecular complexity index is 636. The molecule has 0 radical (unpaired) electrons. The zero-order valence-corrected chi connectivity index (χ0v) is 10.8. The quantitative estimate of drug-likeness (QED) is 0.890. The van der Waals surface area contributed by atoms with Crippen LogP contribution in [0.5, 0.6) is 0 Å². The van der Waals surface area contributed by atoms with Gasteiger partial charge in [0.15, 0.2) is 0 Å². The number of hydrogen-bond donors (Lipinski definition) is 1. The van der Waals surface area contributed by atoms with E-state index in [1.54, 1.807) is 0 Å². The standard InChI is InChI=1S/C16H14F3N/c17-11-1-5-14(10(7-11)9-20-13-3-4-13)15-6-2-12(18)8-16(15)19/h1-2,5-8,13,20H,3-4,9H2. The van der Waals surface area contributed by atoms with Crippen LogP contribution in [0, 0.1) is 17.5 Å². The molecule has 0 aliphatic heterocycles. The summed E-state index contributed by atoms with van der Waals surface area (Å²) in [5, 5.41) is 3.28. The fourth-order valence-corrected chi connectivity index (χ4v) is 2.22. The molecule has 0 spiro atoms. The van der Waals surface area contributed by atoms with Gasteiger partial charge in [0.2, 0.25) is 0 Å². The molecule has 0 amide bonds. The van der Waals surface area contributed by atoms with Gasteiger partial charge in [-0.2, -0.15) is 0 Å². The Labute approximate surface area is 115 Å². The Morgan fingerprint density at radius 1 is 0.900 bits per heavy atom. The predicted octanol–water partition coefficient (Wildman–Crippen LogP) is 4.02.